The minimum atomic E-state index is -2.79. The number of alkyl halides is 2. The lowest BCUT2D eigenvalue weighted by molar-refractivity contribution is 0.122. The number of halogens is 2. The number of aromatic nitrogens is 6. The molecule has 164 valence electrons. The Kier molecular flexibility index (Phi) is 5.55. The van der Waals surface area contributed by atoms with E-state index in [2.05, 4.69) is 30.2 Å². The van der Waals surface area contributed by atoms with Gasteiger partial charge in [0, 0.05) is 32.0 Å². The minimum Gasteiger partial charge on any atom is -0.378 e. The van der Waals surface area contributed by atoms with Crippen molar-refractivity contribution in [2.75, 3.05) is 36.5 Å². The minimum absolute atomic E-state index is 0.0859. The third-order valence-electron chi connectivity index (χ3n) is 5.09. The summed E-state index contributed by atoms with van der Waals surface area (Å²) in [6.45, 7) is 2.72. The van der Waals surface area contributed by atoms with Crippen LogP contribution in [0.25, 0.3) is 17.0 Å². The fourth-order valence-electron chi connectivity index (χ4n) is 3.52. The molecule has 1 aromatic carbocycles. The van der Waals surface area contributed by atoms with Crippen molar-refractivity contribution in [2.45, 2.75) is 13.0 Å². The van der Waals surface area contributed by atoms with Crippen LogP contribution in [0.5, 0.6) is 0 Å². The summed E-state index contributed by atoms with van der Waals surface area (Å²) in [6, 6.07) is 10.7. The Hall–Kier alpha value is -3.73. The van der Waals surface area contributed by atoms with Gasteiger partial charge in [0.25, 0.3) is 6.43 Å². The number of imidazole rings is 1. The van der Waals surface area contributed by atoms with Crippen LogP contribution in [-0.4, -0.2) is 55.8 Å². The summed E-state index contributed by atoms with van der Waals surface area (Å²) < 4.78 is 34.5. The Balaban J connectivity index is 1.60. The Morgan fingerprint density at radius 3 is 2.47 bits per heavy atom. The van der Waals surface area contributed by atoms with Crippen LogP contribution in [0.2, 0.25) is 0 Å². The third kappa shape index (κ3) is 4.06. The maximum Gasteiger partial charge on any atom is 0.296 e. The summed E-state index contributed by atoms with van der Waals surface area (Å²) in [4.78, 5) is 23.6. The normalized spacial score (nSPS) is 14.3. The molecule has 9 nitrogen and oxygen atoms in total. The van der Waals surface area contributed by atoms with Crippen LogP contribution in [0, 0.1) is 0 Å². The quantitative estimate of drug-likeness (QED) is 0.491. The molecule has 5 rings (SSSR count). The van der Waals surface area contributed by atoms with E-state index in [1.165, 1.54) is 4.57 Å². The highest BCUT2D eigenvalue weighted by Crippen LogP contribution is 2.27. The molecule has 0 radical (unpaired) electrons. The fraction of sp³-hybridized carbons (Fsp3) is 0.286. The summed E-state index contributed by atoms with van der Waals surface area (Å²) >= 11 is 0. The van der Waals surface area contributed by atoms with Gasteiger partial charge in [0.05, 0.1) is 24.2 Å². The number of ether oxygens (including phenoxy) is 1. The second kappa shape index (κ2) is 8.79. The number of nitrogens with one attached hydrogen (secondary N) is 1. The Morgan fingerprint density at radius 2 is 1.69 bits per heavy atom. The van der Waals surface area contributed by atoms with E-state index in [4.69, 9.17) is 4.74 Å². The SMILES string of the molecule is FC(F)c1nc2ccccc2n1-c1nc(NCc2ccncc2)nc(N2CCOCC2)n1. The van der Waals surface area contributed by atoms with Crippen molar-refractivity contribution in [3.8, 4) is 5.95 Å². The first kappa shape index (κ1) is 20.2. The van der Waals surface area contributed by atoms with Crippen molar-refractivity contribution < 1.29 is 13.5 Å². The number of fused-ring (bicyclic) bond motifs is 1. The first-order valence-electron chi connectivity index (χ1n) is 10.2. The van der Waals surface area contributed by atoms with Gasteiger partial charge in [-0.15, -0.1) is 0 Å². The molecular weight excluding hydrogens is 418 g/mol. The van der Waals surface area contributed by atoms with Crippen LogP contribution >= 0.6 is 0 Å². The lowest BCUT2D eigenvalue weighted by atomic mass is 10.3. The van der Waals surface area contributed by atoms with Gasteiger partial charge >= 0.3 is 0 Å². The van der Waals surface area contributed by atoms with Gasteiger partial charge in [0.2, 0.25) is 17.8 Å². The van der Waals surface area contributed by atoms with Crippen LogP contribution in [0.15, 0.2) is 48.8 Å². The molecule has 1 aliphatic heterocycles. The van der Waals surface area contributed by atoms with Crippen LogP contribution in [0.1, 0.15) is 17.8 Å². The Labute approximate surface area is 182 Å². The first-order chi connectivity index (χ1) is 15.7. The highest BCUT2D eigenvalue weighted by Gasteiger charge is 2.24. The number of nitrogens with zero attached hydrogens (tertiary/aromatic N) is 7. The second-order valence-electron chi connectivity index (χ2n) is 7.16. The maximum atomic E-state index is 13.9. The Morgan fingerprint density at radius 1 is 0.938 bits per heavy atom. The van der Waals surface area contributed by atoms with Gasteiger partial charge in [-0.05, 0) is 29.8 Å². The number of para-hydroxylation sites is 2. The van der Waals surface area contributed by atoms with Gasteiger partial charge in [0.15, 0.2) is 5.82 Å². The summed E-state index contributed by atoms with van der Waals surface area (Å²) in [5, 5.41) is 3.17. The van der Waals surface area contributed by atoms with Crippen LogP contribution in [0.3, 0.4) is 0 Å². The molecule has 3 aromatic heterocycles. The number of pyridine rings is 1. The van der Waals surface area contributed by atoms with Gasteiger partial charge in [0.1, 0.15) is 0 Å². The topological polar surface area (TPSA) is 93.9 Å². The lowest BCUT2D eigenvalue weighted by Crippen LogP contribution is -2.37. The van der Waals surface area contributed by atoms with Crippen molar-refractivity contribution in [1.82, 2.24) is 29.5 Å². The number of rotatable bonds is 6. The Bertz CT molecular complexity index is 1210. The molecule has 0 spiro atoms. The van der Waals surface area contributed by atoms with Gasteiger partial charge in [-0.1, -0.05) is 12.1 Å². The highest BCUT2D eigenvalue weighted by atomic mass is 19.3. The molecule has 0 amide bonds. The second-order valence-corrected chi connectivity index (χ2v) is 7.16. The molecule has 11 heteroatoms. The van der Waals surface area contributed by atoms with Crippen molar-refractivity contribution in [3.63, 3.8) is 0 Å². The molecule has 1 aliphatic rings. The molecule has 32 heavy (non-hydrogen) atoms. The van der Waals surface area contributed by atoms with Crippen molar-refractivity contribution in [2.24, 2.45) is 0 Å². The molecule has 1 fully saturated rings. The molecule has 1 N–H and O–H groups in total. The predicted octanol–water partition coefficient (Wildman–Crippen LogP) is 2.99. The zero-order chi connectivity index (χ0) is 21.9. The van der Waals surface area contributed by atoms with E-state index in [1.54, 1.807) is 36.7 Å². The highest BCUT2D eigenvalue weighted by molar-refractivity contribution is 5.77. The van der Waals surface area contributed by atoms with Crippen molar-refractivity contribution in [1.29, 1.82) is 0 Å². The van der Waals surface area contributed by atoms with Crippen molar-refractivity contribution in [3.05, 3.63) is 60.2 Å². The van der Waals surface area contributed by atoms with Gasteiger partial charge in [-0.2, -0.15) is 15.0 Å². The zero-order valence-corrected chi connectivity index (χ0v) is 17.0. The first-order valence-corrected chi connectivity index (χ1v) is 10.2. The zero-order valence-electron chi connectivity index (χ0n) is 17.0. The molecule has 0 bridgehead atoms. The molecule has 4 heterocycles. The standard InChI is InChI=1S/C21H20F2N8O/c22-17(23)18-26-15-3-1-2-4-16(15)31(18)21-28-19(25-13-14-5-7-24-8-6-14)27-20(29-21)30-9-11-32-12-10-30/h1-8,17H,9-13H2,(H,25,27,28,29). The van der Waals surface area contributed by atoms with Crippen LogP contribution in [-0.2, 0) is 11.3 Å². The van der Waals surface area contributed by atoms with Gasteiger partial charge < -0.3 is 15.0 Å². The average Bonchev–Trinajstić information content (AvgIpc) is 3.24. The molecule has 0 atom stereocenters. The molecule has 0 aliphatic carbocycles. The van der Waals surface area contributed by atoms with Crippen LogP contribution < -0.4 is 10.2 Å². The van der Waals surface area contributed by atoms with Gasteiger partial charge in [-0.25, -0.2) is 13.8 Å². The van der Waals surface area contributed by atoms with E-state index >= 15 is 0 Å². The van der Waals surface area contributed by atoms with E-state index in [0.29, 0.717) is 49.8 Å². The summed E-state index contributed by atoms with van der Waals surface area (Å²) in [7, 11) is 0. The lowest BCUT2D eigenvalue weighted by Gasteiger charge is -2.27. The number of anilines is 2. The fourth-order valence-corrected chi connectivity index (χ4v) is 3.52. The van der Waals surface area contributed by atoms with Gasteiger partial charge in [-0.3, -0.25) is 9.55 Å². The summed E-state index contributed by atoms with van der Waals surface area (Å²) in [6.07, 6.45) is 0.600. The van der Waals surface area contributed by atoms with E-state index in [1.807, 2.05) is 17.0 Å². The summed E-state index contributed by atoms with van der Waals surface area (Å²) in [5.41, 5.74) is 1.93. The molecule has 1 saturated heterocycles. The largest absolute Gasteiger partial charge is 0.378 e. The number of morpholine rings is 1. The van der Waals surface area contributed by atoms with E-state index in [-0.39, 0.29) is 11.9 Å². The monoisotopic (exact) mass is 438 g/mol. The average molecular weight is 438 g/mol. The molecule has 0 unspecified atom stereocenters. The van der Waals surface area contributed by atoms with E-state index < -0.39 is 12.2 Å². The maximum absolute atomic E-state index is 13.9. The van der Waals surface area contributed by atoms with E-state index in [9.17, 15) is 8.78 Å². The van der Waals surface area contributed by atoms with Crippen molar-refractivity contribution >= 4 is 22.9 Å². The number of hydrogen-bond donors (Lipinski definition) is 1. The smallest absolute Gasteiger partial charge is 0.296 e. The summed E-state index contributed by atoms with van der Waals surface area (Å²) in [5.74, 6) is 0.355. The third-order valence-corrected chi connectivity index (χ3v) is 5.09. The number of benzene rings is 1. The molecule has 0 saturated carbocycles. The van der Waals surface area contributed by atoms with E-state index in [0.717, 1.165) is 5.56 Å². The van der Waals surface area contributed by atoms with Crippen LogP contribution in [0.4, 0.5) is 20.7 Å². The number of hydrogen-bond acceptors (Lipinski definition) is 8. The molecule has 4 aromatic rings. The molecular formula is C21H20F2N8O. The predicted molar refractivity (Wildman–Crippen MR) is 114 cm³/mol.